The van der Waals surface area contributed by atoms with Crippen molar-refractivity contribution in [2.24, 2.45) is 4.40 Å². The molecular weight excluding hydrogens is 311 g/mol. The molecule has 0 N–H and O–H groups in total. The molecule has 0 radical (unpaired) electrons. The van der Waals surface area contributed by atoms with Crippen LogP contribution in [0.25, 0.3) is 0 Å². The average Bonchev–Trinajstić information content (AvgIpc) is 2.44. The maximum Gasteiger partial charge on any atom is 0.344 e. The van der Waals surface area contributed by atoms with Crippen LogP contribution in [-0.2, 0) is 26.3 Å². The first kappa shape index (κ1) is 16.2. The highest BCUT2D eigenvalue weighted by Gasteiger charge is 2.27. The van der Waals surface area contributed by atoms with Crippen molar-refractivity contribution in [3.8, 4) is 0 Å². The van der Waals surface area contributed by atoms with E-state index in [4.69, 9.17) is 4.74 Å². The second-order valence-corrected chi connectivity index (χ2v) is 6.15. The quantitative estimate of drug-likeness (QED) is 0.791. The van der Waals surface area contributed by atoms with Crippen LogP contribution < -0.4 is 0 Å². The van der Waals surface area contributed by atoms with Crippen molar-refractivity contribution in [2.75, 3.05) is 6.54 Å². The Morgan fingerprint density at radius 1 is 1.41 bits per heavy atom. The van der Waals surface area contributed by atoms with Gasteiger partial charge in [-0.25, -0.2) is 9.18 Å². The number of benzene rings is 1. The molecule has 0 saturated heterocycles. The van der Waals surface area contributed by atoms with Crippen LogP contribution in [0.15, 0.2) is 40.4 Å². The van der Waals surface area contributed by atoms with Crippen LogP contribution in [0, 0.1) is 5.82 Å². The van der Waals surface area contributed by atoms with Gasteiger partial charge in [0.15, 0.2) is 0 Å². The van der Waals surface area contributed by atoms with Gasteiger partial charge in [0.05, 0.1) is 11.3 Å². The Hall–Kier alpha value is -2.22. The molecule has 1 aromatic rings. The summed E-state index contributed by atoms with van der Waals surface area (Å²) in [4.78, 5) is 12.1. The maximum atomic E-state index is 13.0. The summed E-state index contributed by atoms with van der Waals surface area (Å²) in [5, 5.41) is 0. The standard InChI is InChI=1S/C14H15FN2O4S/c1-3-17-8-13(10(2)16-22(17,19)20)14(18)21-9-11-5-4-6-12(15)7-11/h4-8H,3,9H2,1-2H3. The van der Waals surface area contributed by atoms with Gasteiger partial charge in [0.1, 0.15) is 12.4 Å². The van der Waals surface area contributed by atoms with Crippen LogP contribution in [0.1, 0.15) is 19.4 Å². The van der Waals surface area contributed by atoms with E-state index in [9.17, 15) is 17.6 Å². The molecule has 1 aromatic carbocycles. The zero-order valence-electron chi connectivity index (χ0n) is 12.1. The third kappa shape index (κ3) is 3.51. The molecule has 0 spiro atoms. The lowest BCUT2D eigenvalue weighted by atomic mass is 10.2. The number of carbonyl (C=O) groups is 1. The molecule has 0 aliphatic carbocycles. The zero-order chi connectivity index (χ0) is 16.3. The van der Waals surface area contributed by atoms with Crippen LogP contribution in [0.3, 0.4) is 0 Å². The van der Waals surface area contributed by atoms with Crippen LogP contribution >= 0.6 is 0 Å². The van der Waals surface area contributed by atoms with Crippen LogP contribution in [0.2, 0.25) is 0 Å². The van der Waals surface area contributed by atoms with Gasteiger partial charge in [-0.2, -0.15) is 8.42 Å². The Morgan fingerprint density at radius 2 is 2.14 bits per heavy atom. The minimum atomic E-state index is -3.77. The lowest BCUT2D eigenvalue weighted by Crippen LogP contribution is -2.31. The molecule has 22 heavy (non-hydrogen) atoms. The highest BCUT2D eigenvalue weighted by molar-refractivity contribution is 7.88. The second-order valence-electron chi connectivity index (χ2n) is 4.61. The van der Waals surface area contributed by atoms with Gasteiger partial charge in [-0.05, 0) is 31.5 Å². The normalized spacial score (nSPS) is 16.8. The Kier molecular flexibility index (Phi) is 4.60. The molecule has 1 heterocycles. The topological polar surface area (TPSA) is 76.0 Å². The summed E-state index contributed by atoms with van der Waals surface area (Å²) in [7, 11) is -3.77. The molecule has 1 aliphatic heterocycles. The first-order chi connectivity index (χ1) is 10.3. The third-order valence-corrected chi connectivity index (χ3v) is 4.46. The summed E-state index contributed by atoms with van der Waals surface area (Å²) >= 11 is 0. The fourth-order valence-corrected chi connectivity index (χ4v) is 3.00. The van der Waals surface area contributed by atoms with Crippen molar-refractivity contribution >= 4 is 21.9 Å². The lowest BCUT2D eigenvalue weighted by Gasteiger charge is -2.21. The molecule has 0 saturated carbocycles. The molecule has 118 valence electrons. The summed E-state index contributed by atoms with van der Waals surface area (Å²) in [5.41, 5.74) is 0.626. The van der Waals surface area contributed by atoms with E-state index in [-0.39, 0.29) is 24.4 Å². The van der Waals surface area contributed by atoms with Gasteiger partial charge in [0.25, 0.3) is 0 Å². The van der Waals surface area contributed by atoms with E-state index in [1.54, 1.807) is 13.0 Å². The van der Waals surface area contributed by atoms with E-state index in [0.717, 1.165) is 4.31 Å². The molecule has 0 atom stereocenters. The number of halogens is 1. The number of hydrogen-bond donors (Lipinski definition) is 0. The summed E-state index contributed by atoms with van der Waals surface area (Å²) in [6.45, 7) is 3.08. The predicted octanol–water partition coefficient (Wildman–Crippen LogP) is 1.79. The Labute approximate surface area is 128 Å². The fraction of sp³-hybridized carbons (Fsp3) is 0.286. The molecule has 8 heteroatoms. The summed E-state index contributed by atoms with van der Waals surface area (Å²) in [5.74, 6) is -1.13. The SMILES string of the molecule is CCN1C=C(C(=O)OCc2cccc(F)c2)C(C)=NS1(=O)=O. The monoisotopic (exact) mass is 326 g/mol. The van der Waals surface area contributed by atoms with E-state index >= 15 is 0 Å². The smallest absolute Gasteiger partial charge is 0.344 e. The number of carbonyl (C=O) groups excluding carboxylic acids is 1. The first-order valence-corrected chi connectivity index (χ1v) is 7.95. The van der Waals surface area contributed by atoms with Crippen LogP contribution in [-0.4, -0.2) is 30.9 Å². The van der Waals surface area contributed by atoms with Crippen LogP contribution in [0.4, 0.5) is 4.39 Å². The van der Waals surface area contributed by atoms with Crippen molar-refractivity contribution in [1.29, 1.82) is 0 Å². The average molecular weight is 326 g/mol. The maximum absolute atomic E-state index is 13.0. The van der Waals surface area contributed by atoms with Gasteiger partial charge in [-0.15, -0.1) is 4.40 Å². The minimum absolute atomic E-state index is 0.0630. The predicted molar refractivity (Wildman–Crippen MR) is 78.7 cm³/mol. The number of hydrogen-bond acceptors (Lipinski definition) is 4. The van der Waals surface area contributed by atoms with Crippen molar-refractivity contribution < 1.29 is 22.3 Å². The van der Waals surface area contributed by atoms with Gasteiger partial charge < -0.3 is 4.74 Å². The van der Waals surface area contributed by atoms with Gasteiger partial charge in [-0.3, -0.25) is 4.31 Å². The van der Waals surface area contributed by atoms with Gasteiger partial charge in [-0.1, -0.05) is 12.1 Å². The van der Waals surface area contributed by atoms with Gasteiger partial charge in [0.2, 0.25) is 0 Å². The van der Waals surface area contributed by atoms with Gasteiger partial charge in [0, 0.05) is 12.7 Å². The molecule has 0 unspecified atom stereocenters. The molecule has 0 aromatic heterocycles. The molecule has 0 bridgehead atoms. The number of esters is 1. The summed E-state index contributed by atoms with van der Waals surface area (Å²) in [6.07, 6.45) is 1.20. The van der Waals surface area contributed by atoms with Crippen LogP contribution in [0.5, 0.6) is 0 Å². The Morgan fingerprint density at radius 3 is 2.77 bits per heavy atom. The third-order valence-electron chi connectivity index (χ3n) is 3.00. The summed E-state index contributed by atoms with van der Waals surface area (Å²) in [6, 6.07) is 5.67. The Balaban J connectivity index is 2.12. The first-order valence-electron chi connectivity index (χ1n) is 6.55. The molecule has 0 amide bonds. The van der Waals surface area contributed by atoms with E-state index in [1.807, 2.05) is 0 Å². The number of rotatable bonds is 4. The minimum Gasteiger partial charge on any atom is -0.457 e. The van der Waals surface area contributed by atoms with Crippen molar-refractivity contribution in [1.82, 2.24) is 4.31 Å². The molecule has 6 nitrogen and oxygen atoms in total. The van der Waals surface area contributed by atoms with E-state index in [2.05, 4.69) is 4.40 Å². The summed E-state index contributed by atoms with van der Waals surface area (Å²) < 4.78 is 46.0. The van der Waals surface area contributed by atoms with E-state index < -0.39 is 22.0 Å². The highest BCUT2D eigenvalue weighted by Crippen LogP contribution is 2.17. The van der Waals surface area contributed by atoms with Crippen molar-refractivity contribution in [2.45, 2.75) is 20.5 Å². The number of ether oxygens (including phenoxy) is 1. The van der Waals surface area contributed by atoms with Crippen molar-refractivity contribution in [3.63, 3.8) is 0 Å². The van der Waals surface area contributed by atoms with E-state index in [0.29, 0.717) is 5.56 Å². The molecule has 0 fully saturated rings. The van der Waals surface area contributed by atoms with Gasteiger partial charge >= 0.3 is 16.2 Å². The molecule has 2 rings (SSSR count). The Bertz CT molecular complexity index is 756. The molecular formula is C14H15FN2O4S. The molecule has 1 aliphatic rings. The highest BCUT2D eigenvalue weighted by atomic mass is 32.2. The largest absolute Gasteiger partial charge is 0.457 e. The van der Waals surface area contributed by atoms with Crippen molar-refractivity contribution in [3.05, 3.63) is 47.4 Å². The zero-order valence-corrected chi connectivity index (χ0v) is 12.9. The fourth-order valence-electron chi connectivity index (χ4n) is 1.89. The second kappa shape index (κ2) is 6.27. The lowest BCUT2D eigenvalue weighted by molar-refractivity contribution is -0.139. The van der Waals surface area contributed by atoms with E-state index in [1.165, 1.54) is 31.3 Å². The number of nitrogens with zero attached hydrogens (tertiary/aromatic N) is 2.